The molecule has 0 saturated carbocycles. The monoisotopic (exact) mass is 652 g/mol. The number of hydrogen-bond donors (Lipinski definition) is 0. The molecule has 51 heavy (non-hydrogen) atoms. The van der Waals surface area contributed by atoms with E-state index >= 15 is 0 Å². The normalized spacial score (nSPS) is 11.5. The number of fused-ring (bicyclic) bond motifs is 6. The fraction of sp³-hybridized carbons (Fsp3) is 0. The van der Waals surface area contributed by atoms with E-state index in [2.05, 4.69) is 191 Å². The number of furan rings is 1. The summed E-state index contributed by atoms with van der Waals surface area (Å²) >= 11 is 0. The molecular weight excluding hydrogens is 621 g/mol. The van der Waals surface area contributed by atoms with E-state index in [1.807, 2.05) is 12.1 Å². The summed E-state index contributed by atoms with van der Waals surface area (Å²) in [5.41, 5.74) is 13.2. The Bertz CT molecular complexity index is 2810. The van der Waals surface area contributed by atoms with Crippen molar-refractivity contribution in [3.8, 4) is 27.9 Å². The van der Waals surface area contributed by atoms with Crippen LogP contribution < -0.4 is 4.90 Å². The summed E-state index contributed by atoms with van der Waals surface area (Å²) < 4.78 is 8.71. The minimum absolute atomic E-state index is 0.886. The van der Waals surface area contributed by atoms with Gasteiger partial charge < -0.3 is 13.9 Å². The van der Waals surface area contributed by atoms with Gasteiger partial charge in [-0.3, -0.25) is 0 Å². The van der Waals surface area contributed by atoms with E-state index in [9.17, 15) is 0 Å². The Kier molecular flexibility index (Phi) is 6.81. The van der Waals surface area contributed by atoms with Crippen LogP contribution in [-0.4, -0.2) is 4.57 Å². The zero-order valence-corrected chi connectivity index (χ0v) is 27.8. The predicted molar refractivity (Wildman–Crippen MR) is 214 cm³/mol. The first-order valence-electron chi connectivity index (χ1n) is 17.4. The molecule has 8 aromatic carbocycles. The summed E-state index contributed by atoms with van der Waals surface area (Å²) in [5, 5.41) is 4.75. The molecule has 0 N–H and O–H groups in total. The van der Waals surface area contributed by atoms with E-state index in [1.165, 1.54) is 32.9 Å². The van der Waals surface area contributed by atoms with E-state index < -0.39 is 0 Å². The van der Waals surface area contributed by atoms with Gasteiger partial charge in [-0.05, 0) is 83.4 Å². The maximum absolute atomic E-state index is 6.34. The standard InChI is InChI=1S/C48H32N2O/c1-2-14-33(15-3-1)34-16-12-17-37(32-34)49(35-28-30-36(31-29-35)50-44-24-9-4-18-38(44)39-19-5-10-25-45(39)50)43-23-8-6-20-40(43)41-22-13-27-47-48(41)42-21-7-11-26-46(42)51-47/h1-32H. The number of nitrogens with zero attached hydrogens (tertiary/aromatic N) is 2. The Morgan fingerprint density at radius 1 is 0.392 bits per heavy atom. The molecule has 0 aliphatic carbocycles. The fourth-order valence-electron chi connectivity index (χ4n) is 7.73. The van der Waals surface area contributed by atoms with E-state index in [1.54, 1.807) is 0 Å². The van der Waals surface area contributed by atoms with Crippen LogP contribution in [0.1, 0.15) is 0 Å². The third kappa shape index (κ3) is 4.82. The maximum Gasteiger partial charge on any atom is 0.136 e. The highest BCUT2D eigenvalue weighted by Crippen LogP contribution is 2.45. The van der Waals surface area contributed by atoms with Gasteiger partial charge >= 0.3 is 0 Å². The lowest BCUT2D eigenvalue weighted by Crippen LogP contribution is -2.11. The molecule has 0 amide bonds. The summed E-state index contributed by atoms with van der Waals surface area (Å²) in [6, 6.07) is 69.2. The molecule has 10 rings (SSSR count). The fourth-order valence-corrected chi connectivity index (χ4v) is 7.73. The van der Waals surface area contributed by atoms with Crippen molar-refractivity contribution < 1.29 is 4.42 Å². The van der Waals surface area contributed by atoms with Gasteiger partial charge in [0.05, 0.1) is 16.7 Å². The van der Waals surface area contributed by atoms with Gasteiger partial charge in [0.2, 0.25) is 0 Å². The van der Waals surface area contributed by atoms with Crippen molar-refractivity contribution >= 4 is 60.8 Å². The Labute approximate surface area is 295 Å². The molecular formula is C48H32N2O. The van der Waals surface area contributed by atoms with Crippen LogP contribution >= 0.6 is 0 Å². The Hall–Kier alpha value is -6.84. The topological polar surface area (TPSA) is 21.3 Å². The largest absolute Gasteiger partial charge is 0.456 e. The van der Waals surface area contributed by atoms with Gasteiger partial charge in [-0.2, -0.15) is 0 Å². The summed E-state index contributed by atoms with van der Waals surface area (Å²) in [7, 11) is 0. The average Bonchev–Trinajstić information content (AvgIpc) is 3.75. The molecule has 0 radical (unpaired) electrons. The summed E-state index contributed by atoms with van der Waals surface area (Å²) in [4.78, 5) is 2.39. The molecule has 10 aromatic rings. The molecule has 2 aromatic heterocycles. The van der Waals surface area contributed by atoms with Crippen LogP contribution in [0.25, 0.3) is 71.7 Å². The molecule has 0 fully saturated rings. The van der Waals surface area contributed by atoms with Crippen LogP contribution in [0.2, 0.25) is 0 Å². The minimum atomic E-state index is 0.886. The zero-order valence-electron chi connectivity index (χ0n) is 27.8. The van der Waals surface area contributed by atoms with E-state index in [4.69, 9.17) is 4.42 Å². The predicted octanol–water partition coefficient (Wildman–Crippen LogP) is 13.5. The Balaban J connectivity index is 1.18. The number of rotatable bonds is 6. The van der Waals surface area contributed by atoms with Crippen molar-refractivity contribution in [3.05, 3.63) is 194 Å². The van der Waals surface area contributed by atoms with Gasteiger partial charge in [-0.15, -0.1) is 0 Å². The van der Waals surface area contributed by atoms with Crippen LogP contribution in [0, 0.1) is 0 Å². The van der Waals surface area contributed by atoms with E-state index in [0.29, 0.717) is 0 Å². The molecule has 240 valence electrons. The smallest absolute Gasteiger partial charge is 0.136 e. The number of anilines is 3. The minimum Gasteiger partial charge on any atom is -0.456 e. The summed E-state index contributed by atoms with van der Waals surface area (Å²) in [6.07, 6.45) is 0. The summed E-state index contributed by atoms with van der Waals surface area (Å²) in [5.74, 6) is 0. The summed E-state index contributed by atoms with van der Waals surface area (Å²) in [6.45, 7) is 0. The molecule has 0 atom stereocenters. The lowest BCUT2D eigenvalue weighted by atomic mass is 9.96. The quantitative estimate of drug-likeness (QED) is 0.178. The van der Waals surface area contributed by atoms with Crippen molar-refractivity contribution in [2.45, 2.75) is 0 Å². The molecule has 0 unspecified atom stereocenters. The number of benzene rings is 8. The lowest BCUT2D eigenvalue weighted by molar-refractivity contribution is 0.669. The van der Waals surface area contributed by atoms with Crippen LogP contribution in [-0.2, 0) is 0 Å². The maximum atomic E-state index is 6.34. The van der Waals surface area contributed by atoms with E-state index in [0.717, 1.165) is 55.8 Å². The number of aromatic nitrogens is 1. The van der Waals surface area contributed by atoms with Crippen molar-refractivity contribution in [2.24, 2.45) is 0 Å². The van der Waals surface area contributed by atoms with Gasteiger partial charge in [-0.1, -0.05) is 127 Å². The molecule has 3 heteroatoms. The van der Waals surface area contributed by atoms with Crippen molar-refractivity contribution in [1.29, 1.82) is 0 Å². The highest BCUT2D eigenvalue weighted by Gasteiger charge is 2.21. The second-order valence-corrected chi connectivity index (χ2v) is 12.9. The second kappa shape index (κ2) is 11.9. The van der Waals surface area contributed by atoms with Crippen molar-refractivity contribution in [2.75, 3.05) is 4.90 Å². The molecule has 2 heterocycles. The highest BCUT2D eigenvalue weighted by molar-refractivity contribution is 6.14. The lowest BCUT2D eigenvalue weighted by Gasteiger charge is -2.28. The van der Waals surface area contributed by atoms with Gasteiger partial charge in [0.15, 0.2) is 0 Å². The molecule has 0 spiro atoms. The number of para-hydroxylation sites is 4. The average molecular weight is 653 g/mol. The van der Waals surface area contributed by atoms with Crippen LogP contribution in [0.5, 0.6) is 0 Å². The highest BCUT2D eigenvalue weighted by atomic mass is 16.3. The van der Waals surface area contributed by atoms with Crippen LogP contribution in [0.3, 0.4) is 0 Å². The molecule has 0 aliphatic heterocycles. The first-order chi connectivity index (χ1) is 25.3. The first kappa shape index (κ1) is 29.1. The van der Waals surface area contributed by atoms with Gasteiger partial charge in [0.1, 0.15) is 11.2 Å². The third-order valence-electron chi connectivity index (χ3n) is 10.00. The van der Waals surface area contributed by atoms with E-state index in [-0.39, 0.29) is 0 Å². The van der Waals surface area contributed by atoms with Gasteiger partial charge in [0, 0.05) is 44.2 Å². The Morgan fingerprint density at radius 2 is 0.980 bits per heavy atom. The number of hydrogen-bond acceptors (Lipinski definition) is 2. The molecule has 0 saturated heterocycles. The molecule has 0 aliphatic rings. The van der Waals surface area contributed by atoms with Crippen LogP contribution in [0.15, 0.2) is 199 Å². The SMILES string of the molecule is c1ccc(-c2cccc(N(c3ccc(-n4c5ccccc5c5ccccc54)cc3)c3ccccc3-c3cccc4oc5ccccc5c34)c2)cc1. The third-order valence-corrected chi connectivity index (χ3v) is 10.00. The molecule has 0 bridgehead atoms. The Morgan fingerprint density at radius 3 is 1.76 bits per heavy atom. The van der Waals surface area contributed by atoms with Gasteiger partial charge in [0.25, 0.3) is 0 Å². The van der Waals surface area contributed by atoms with Crippen molar-refractivity contribution in [3.63, 3.8) is 0 Å². The first-order valence-corrected chi connectivity index (χ1v) is 17.4. The van der Waals surface area contributed by atoms with Crippen LogP contribution in [0.4, 0.5) is 17.1 Å². The van der Waals surface area contributed by atoms with Crippen molar-refractivity contribution in [1.82, 2.24) is 4.57 Å². The zero-order chi connectivity index (χ0) is 33.7. The molecule has 3 nitrogen and oxygen atoms in total. The van der Waals surface area contributed by atoms with Gasteiger partial charge in [-0.25, -0.2) is 0 Å². The second-order valence-electron chi connectivity index (χ2n) is 12.9.